The molecule has 0 saturated heterocycles. The number of halogens is 1. The van der Waals surface area contributed by atoms with Crippen LogP contribution < -0.4 is 15.0 Å². The minimum atomic E-state index is -0.441. The van der Waals surface area contributed by atoms with Gasteiger partial charge >= 0.3 is 0 Å². The zero-order valence-electron chi connectivity index (χ0n) is 19.2. The normalized spacial score (nSPS) is 13.7. The molecule has 3 aromatic carbocycles. The number of hydrogen-bond acceptors (Lipinski definition) is 4. The Balaban J connectivity index is 1.92. The number of benzene rings is 3. The summed E-state index contributed by atoms with van der Waals surface area (Å²) in [6.45, 7) is 7.67. The lowest BCUT2D eigenvalue weighted by Gasteiger charge is -2.19. The van der Waals surface area contributed by atoms with Crippen molar-refractivity contribution in [2.24, 2.45) is 0 Å². The highest BCUT2D eigenvalue weighted by atomic mass is 35.5. The van der Waals surface area contributed by atoms with E-state index in [1.165, 1.54) is 4.90 Å². The van der Waals surface area contributed by atoms with Crippen molar-refractivity contribution in [3.05, 3.63) is 93.1 Å². The van der Waals surface area contributed by atoms with E-state index in [-0.39, 0.29) is 5.70 Å². The van der Waals surface area contributed by atoms with Gasteiger partial charge in [0.1, 0.15) is 11.4 Å². The van der Waals surface area contributed by atoms with Crippen molar-refractivity contribution in [1.29, 1.82) is 0 Å². The zero-order valence-corrected chi connectivity index (χ0v) is 20.0. The Morgan fingerprint density at radius 3 is 2.27 bits per heavy atom. The average molecular weight is 461 g/mol. The van der Waals surface area contributed by atoms with E-state index >= 15 is 0 Å². The van der Waals surface area contributed by atoms with Crippen molar-refractivity contribution < 1.29 is 14.3 Å². The van der Waals surface area contributed by atoms with Crippen LogP contribution in [0.4, 0.5) is 11.4 Å². The summed E-state index contributed by atoms with van der Waals surface area (Å²) in [5.74, 6) is -0.263. The Hall–Kier alpha value is -3.57. The van der Waals surface area contributed by atoms with Gasteiger partial charge in [0.15, 0.2) is 0 Å². The molecule has 0 atom stereocenters. The van der Waals surface area contributed by atoms with Crippen molar-refractivity contribution in [2.75, 3.05) is 17.3 Å². The van der Waals surface area contributed by atoms with Gasteiger partial charge in [-0.3, -0.25) is 9.59 Å². The van der Waals surface area contributed by atoms with Crippen LogP contribution in [0.3, 0.4) is 0 Å². The molecule has 0 aromatic heterocycles. The maximum Gasteiger partial charge on any atom is 0.282 e. The molecule has 0 unspecified atom stereocenters. The number of carbonyl (C=O) groups is 2. The lowest BCUT2D eigenvalue weighted by Crippen LogP contribution is -2.33. The summed E-state index contributed by atoms with van der Waals surface area (Å²) in [6.07, 6.45) is 0. The van der Waals surface area contributed by atoms with Crippen LogP contribution in [0.15, 0.2) is 60.3 Å². The summed E-state index contributed by atoms with van der Waals surface area (Å²) in [5.41, 5.74) is 5.94. The predicted octanol–water partition coefficient (Wildman–Crippen LogP) is 5.98. The summed E-state index contributed by atoms with van der Waals surface area (Å²) < 4.78 is 5.49. The van der Waals surface area contributed by atoms with Crippen molar-refractivity contribution in [3.63, 3.8) is 0 Å². The van der Waals surface area contributed by atoms with Crippen molar-refractivity contribution in [1.82, 2.24) is 0 Å². The largest absolute Gasteiger partial charge is 0.495 e. The van der Waals surface area contributed by atoms with E-state index in [2.05, 4.69) is 5.32 Å². The minimum absolute atomic E-state index is 0.204. The van der Waals surface area contributed by atoms with Gasteiger partial charge in [-0.15, -0.1) is 0 Å². The van der Waals surface area contributed by atoms with Gasteiger partial charge in [0.2, 0.25) is 0 Å². The molecule has 168 valence electrons. The highest BCUT2D eigenvalue weighted by Gasteiger charge is 2.41. The molecule has 3 aromatic rings. The Morgan fingerprint density at radius 1 is 0.879 bits per heavy atom. The van der Waals surface area contributed by atoms with E-state index < -0.39 is 11.8 Å². The lowest BCUT2D eigenvalue weighted by molar-refractivity contribution is -0.120. The van der Waals surface area contributed by atoms with E-state index in [9.17, 15) is 9.59 Å². The van der Waals surface area contributed by atoms with E-state index in [0.29, 0.717) is 38.8 Å². The van der Waals surface area contributed by atoms with Gasteiger partial charge in [-0.2, -0.15) is 0 Å². The van der Waals surface area contributed by atoms with Crippen LogP contribution in [0.2, 0.25) is 5.02 Å². The van der Waals surface area contributed by atoms with Crippen molar-refractivity contribution >= 4 is 40.4 Å². The van der Waals surface area contributed by atoms with Crippen LogP contribution in [-0.4, -0.2) is 18.9 Å². The highest BCUT2D eigenvalue weighted by molar-refractivity contribution is 6.46. The Labute approximate surface area is 198 Å². The van der Waals surface area contributed by atoms with Gasteiger partial charge in [-0.05, 0) is 74.2 Å². The van der Waals surface area contributed by atoms with E-state index in [0.717, 1.165) is 16.7 Å². The molecule has 4 rings (SSSR count). The molecule has 0 radical (unpaired) electrons. The molecule has 0 aliphatic carbocycles. The summed E-state index contributed by atoms with van der Waals surface area (Å²) in [7, 11) is 1.57. The van der Waals surface area contributed by atoms with Gasteiger partial charge in [0.05, 0.1) is 24.1 Å². The Bertz CT molecular complexity index is 1330. The predicted molar refractivity (Wildman–Crippen MR) is 133 cm³/mol. The number of methoxy groups -OCH3 is 1. The fourth-order valence-electron chi connectivity index (χ4n) is 4.10. The smallest absolute Gasteiger partial charge is 0.282 e. The second-order valence-electron chi connectivity index (χ2n) is 8.23. The number of amides is 2. The van der Waals surface area contributed by atoms with E-state index in [1.807, 2.05) is 57.2 Å². The molecule has 6 heteroatoms. The second-order valence-corrected chi connectivity index (χ2v) is 8.63. The molecule has 1 aliphatic heterocycles. The number of hydrogen-bond donors (Lipinski definition) is 1. The Kier molecular flexibility index (Phi) is 6.00. The molecule has 0 saturated carbocycles. The SMILES string of the molecule is COc1ccc(C)cc1NC1=C(c2ccc(C)cc2C)C(=O)N(c2cccc(Cl)c2C)C1=O. The molecular formula is C27H25ClN2O3. The number of ether oxygens (including phenoxy) is 1. The number of aryl methyl sites for hydroxylation is 3. The molecular weight excluding hydrogens is 436 g/mol. The number of nitrogens with one attached hydrogen (secondary N) is 1. The number of rotatable bonds is 5. The van der Waals surface area contributed by atoms with Crippen LogP contribution in [0, 0.1) is 27.7 Å². The highest BCUT2D eigenvalue weighted by Crippen LogP contribution is 2.39. The van der Waals surface area contributed by atoms with E-state index in [4.69, 9.17) is 16.3 Å². The number of nitrogens with zero attached hydrogens (tertiary/aromatic N) is 1. The van der Waals surface area contributed by atoms with Crippen LogP contribution in [-0.2, 0) is 9.59 Å². The Morgan fingerprint density at radius 2 is 1.58 bits per heavy atom. The van der Waals surface area contributed by atoms with Gasteiger partial charge in [-0.1, -0.05) is 47.5 Å². The van der Waals surface area contributed by atoms with Gasteiger partial charge < -0.3 is 10.1 Å². The first-order valence-electron chi connectivity index (χ1n) is 10.6. The summed E-state index contributed by atoms with van der Waals surface area (Å²) in [5, 5.41) is 3.70. The lowest BCUT2D eigenvalue weighted by atomic mass is 9.97. The third kappa shape index (κ3) is 4.00. The molecule has 0 bridgehead atoms. The fourth-order valence-corrected chi connectivity index (χ4v) is 4.27. The standard InChI is InChI=1S/C27H25ClN2O3/c1-15-9-11-19(17(3)13-15)24-25(29-21-14-16(2)10-12-23(21)33-5)27(32)30(26(24)31)22-8-6-7-20(28)18(22)4/h6-14,29H,1-5H3. The summed E-state index contributed by atoms with van der Waals surface area (Å²) in [6, 6.07) is 16.7. The number of anilines is 2. The zero-order chi connectivity index (χ0) is 23.9. The maximum absolute atomic E-state index is 13.8. The van der Waals surface area contributed by atoms with Crippen molar-refractivity contribution in [3.8, 4) is 5.75 Å². The third-order valence-electron chi connectivity index (χ3n) is 5.83. The monoisotopic (exact) mass is 460 g/mol. The maximum atomic E-state index is 13.8. The van der Waals surface area contributed by atoms with Gasteiger partial charge in [-0.25, -0.2) is 4.90 Å². The molecule has 1 N–H and O–H groups in total. The molecule has 1 aliphatic rings. The second kappa shape index (κ2) is 8.75. The molecule has 0 spiro atoms. The summed E-state index contributed by atoms with van der Waals surface area (Å²) in [4.78, 5) is 28.7. The van der Waals surface area contributed by atoms with Gasteiger partial charge in [0, 0.05) is 5.02 Å². The topological polar surface area (TPSA) is 58.6 Å². The molecule has 5 nitrogen and oxygen atoms in total. The molecule has 33 heavy (non-hydrogen) atoms. The quantitative estimate of drug-likeness (QED) is 0.476. The first-order chi connectivity index (χ1) is 15.7. The summed E-state index contributed by atoms with van der Waals surface area (Å²) >= 11 is 6.31. The minimum Gasteiger partial charge on any atom is -0.495 e. The molecule has 1 heterocycles. The van der Waals surface area contributed by atoms with Crippen molar-refractivity contribution in [2.45, 2.75) is 27.7 Å². The van der Waals surface area contributed by atoms with Crippen LogP contribution in [0.25, 0.3) is 5.57 Å². The average Bonchev–Trinajstić information content (AvgIpc) is 3.00. The number of imide groups is 1. The van der Waals surface area contributed by atoms with Crippen LogP contribution in [0.5, 0.6) is 5.75 Å². The fraction of sp³-hybridized carbons (Fsp3) is 0.185. The van der Waals surface area contributed by atoms with Crippen LogP contribution >= 0.6 is 11.6 Å². The molecule has 2 amide bonds. The molecule has 0 fully saturated rings. The first kappa shape index (κ1) is 22.6. The van der Waals surface area contributed by atoms with Gasteiger partial charge in [0.25, 0.3) is 11.8 Å². The first-order valence-corrected chi connectivity index (χ1v) is 11.0. The third-order valence-corrected chi connectivity index (χ3v) is 6.24. The number of carbonyl (C=O) groups excluding carboxylic acids is 2. The van der Waals surface area contributed by atoms with E-state index in [1.54, 1.807) is 32.2 Å². The van der Waals surface area contributed by atoms with Crippen LogP contribution in [0.1, 0.15) is 27.8 Å².